The van der Waals surface area contributed by atoms with Gasteiger partial charge in [-0.3, -0.25) is 0 Å². The van der Waals surface area contributed by atoms with Crippen LogP contribution in [-0.2, 0) is 6.42 Å². The summed E-state index contributed by atoms with van der Waals surface area (Å²) in [5.41, 5.74) is 2.83. The van der Waals surface area contributed by atoms with Crippen molar-refractivity contribution in [3.8, 4) is 28.4 Å². The van der Waals surface area contributed by atoms with E-state index in [1.807, 2.05) is 60.8 Å². The topological polar surface area (TPSA) is 61.0 Å². The van der Waals surface area contributed by atoms with Gasteiger partial charge in [-0.2, -0.15) is 4.98 Å². The lowest BCUT2D eigenvalue weighted by molar-refractivity contribution is 0.340. The van der Waals surface area contributed by atoms with E-state index >= 15 is 0 Å². The molecule has 0 bridgehead atoms. The van der Waals surface area contributed by atoms with Gasteiger partial charge in [0.2, 0.25) is 11.7 Å². The molecule has 0 aliphatic rings. The molecule has 2 heterocycles. The molecular formula is C20H16ClN3O2S. The third kappa shape index (κ3) is 4.18. The first-order chi connectivity index (χ1) is 13.2. The molecule has 4 rings (SSSR count). The summed E-state index contributed by atoms with van der Waals surface area (Å²) in [6, 6.07) is 15.3. The monoisotopic (exact) mass is 397 g/mol. The van der Waals surface area contributed by atoms with E-state index in [2.05, 4.69) is 15.1 Å². The molecule has 0 aliphatic heterocycles. The molecule has 0 aliphatic carbocycles. The SMILES string of the molecule is CCOc1ccc(-c2noc(Cc3nc(-c4ccc(Cl)cc4)cs3)n2)cc1. The molecule has 7 heteroatoms. The van der Waals surface area contributed by atoms with Crippen LogP contribution in [-0.4, -0.2) is 21.7 Å². The van der Waals surface area contributed by atoms with Gasteiger partial charge in [0.25, 0.3) is 0 Å². The number of hydrogen-bond donors (Lipinski definition) is 0. The Bertz CT molecular complexity index is 1030. The number of rotatable bonds is 6. The van der Waals surface area contributed by atoms with Gasteiger partial charge in [-0.1, -0.05) is 28.9 Å². The van der Waals surface area contributed by atoms with Gasteiger partial charge in [0.05, 0.1) is 18.7 Å². The van der Waals surface area contributed by atoms with Crippen molar-refractivity contribution in [2.75, 3.05) is 6.61 Å². The maximum Gasteiger partial charge on any atom is 0.233 e. The molecule has 4 aromatic rings. The predicted molar refractivity (Wildman–Crippen MR) is 106 cm³/mol. The van der Waals surface area contributed by atoms with Crippen molar-refractivity contribution in [2.45, 2.75) is 13.3 Å². The van der Waals surface area contributed by atoms with Crippen LogP contribution in [0.2, 0.25) is 5.02 Å². The van der Waals surface area contributed by atoms with Gasteiger partial charge in [0.1, 0.15) is 10.8 Å². The van der Waals surface area contributed by atoms with E-state index in [0.29, 0.717) is 29.8 Å². The van der Waals surface area contributed by atoms with Crippen LogP contribution in [0, 0.1) is 0 Å². The number of thiazole rings is 1. The Labute approximate surface area is 165 Å². The van der Waals surface area contributed by atoms with Crippen LogP contribution in [0.15, 0.2) is 58.4 Å². The molecule has 2 aromatic carbocycles. The molecule has 5 nitrogen and oxygen atoms in total. The highest BCUT2D eigenvalue weighted by atomic mass is 35.5. The Balaban J connectivity index is 1.47. The Hall–Kier alpha value is -2.70. The van der Waals surface area contributed by atoms with Crippen LogP contribution >= 0.6 is 22.9 Å². The summed E-state index contributed by atoms with van der Waals surface area (Å²) in [4.78, 5) is 9.13. The van der Waals surface area contributed by atoms with Crippen molar-refractivity contribution in [3.05, 3.63) is 69.8 Å². The second-order valence-electron chi connectivity index (χ2n) is 5.78. The first-order valence-electron chi connectivity index (χ1n) is 8.47. The van der Waals surface area contributed by atoms with Gasteiger partial charge in [0.15, 0.2) is 0 Å². The first-order valence-corrected chi connectivity index (χ1v) is 9.73. The molecule has 0 saturated heterocycles. The first kappa shape index (κ1) is 17.7. The quantitative estimate of drug-likeness (QED) is 0.429. The smallest absolute Gasteiger partial charge is 0.233 e. The summed E-state index contributed by atoms with van der Waals surface area (Å²) >= 11 is 7.50. The molecule has 0 spiro atoms. The zero-order chi connectivity index (χ0) is 18.6. The van der Waals surface area contributed by atoms with Crippen LogP contribution < -0.4 is 4.74 Å². The second-order valence-corrected chi connectivity index (χ2v) is 7.16. The molecule has 0 atom stereocenters. The lowest BCUT2D eigenvalue weighted by Gasteiger charge is -2.02. The maximum absolute atomic E-state index is 5.94. The number of aromatic nitrogens is 3. The summed E-state index contributed by atoms with van der Waals surface area (Å²) in [6.07, 6.45) is 0.502. The van der Waals surface area contributed by atoms with Crippen LogP contribution in [0.4, 0.5) is 0 Å². The lowest BCUT2D eigenvalue weighted by Crippen LogP contribution is -1.91. The van der Waals surface area contributed by atoms with Crippen molar-refractivity contribution in [1.82, 2.24) is 15.1 Å². The third-order valence-electron chi connectivity index (χ3n) is 3.89. The summed E-state index contributed by atoms with van der Waals surface area (Å²) in [5.74, 6) is 1.92. The average molecular weight is 398 g/mol. The van der Waals surface area contributed by atoms with Crippen molar-refractivity contribution < 1.29 is 9.26 Å². The zero-order valence-corrected chi connectivity index (χ0v) is 16.1. The molecule has 2 aromatic heterocycles. The van der Waals surface area contributed by atoms with Crippen LogP contribution in [0.5, 0.6) is 5.75 Å². The highest BCUT2D eigenvalue weighted by Gasteiger charge is 2.12. The summed E-state index contributed by atoms with van der Waals surface area (Å²) < 4.78 is 10.8. The minimum Gasteiger partial charge on any atom is -0.494 e. The molecule has 0 radical (unpaired) electrons. The lowest BCUT2D eigenvalue weighted by atomic mass is 10.2. The summed E-state index contributed by atoms with van der Waals surface area (Å²) in [6.45, 7) is 2.59. The van der Waals surface area contributed by atoms with Gasteiger partial charge < -0.3 is 9.26 Å². The fourth-order valence-electron chi connectivity index (χ4n) is 2.59. The molecule has 136 valence electrons. The summed E-state index contributed by atoms with van der Waals surface area (Å²) in [5, 5.41) is 7.71. The third-order valence-corrected chi connectivity index (χ3v) is 4.99. The van der Waals surface area contributed by atoms with Crippen LogP contribution in [0.1, 0.15) is 17.8 Å². The summed E-state index contributed by atoms with van der Waals surface area (Å²) in [7, 11) is 0. The zero-order valence-electron chi connectivity index (χ0n) is 14.6. The van der Waals surface area contributed by atoms with E-state index in [9.17, 15) is 0 Å². The maximum atomic E-state index is 5.94. The second kappa shape index (κ2) is 7.90. The van der Waals surface area contributed by atoms with E-state index in [4.69, 9.17) is 20.9 Å². The highest BCUT2D eigenvalue weighted by molar-refractivity contribution is 7.10. The molecule has 0 saturated carbocycles. The standard InChI is InChI=1S/C20H16ClN3O2S/c1-2-25-16-9-5-14(6-10-16)20-23-18(26-24-20)11-19-22-17(12-27-19)13-3-7-15(21)8-4-13/h3-10,12H,2,11H2,1H3. The fourth-order valence-corrected chi connectivity index (χ4v) is 3.51. The van der Waals surface area contributed by atoms with Crippen LogP contribution in [0.3, 0.4) is 0 Å². The largest absolute Gasteiger partial charge is 0.494 e. The number of halogens is 1. The average Bonchev–Trinajstić information content (AvgIpc) is 3.34. The van der Waals surface area contributed by atoms with Gasteiger partial charge in [-0.25, -0.2) is 4.98 Å². The van der Waals surface area contributed by atoms with Gasteiger partial charge in [-0.05, 0) is 43.3 Å². The van der Waals surface area contributed by atoms with E-state index in [1.165, 1.54) is 0 Å². The van der Waals surface area contributed by atoms with E-state index in [-0.39, 0.29) is 0 Å². The van der Waals surface area contributed by atoms with Crippen molar-refractivity contribution >= 4 is 22.9 Å². The Morgan fingerprint density at radius 1 is 1.00 bits per heavy atom. The minimum atomic E-state index is 0.502. The van der Waals surface area contributed by atoms with E-state index < -0.39 is 0 Å². The van der Waals surface area contributed by atoms with E-state index in [0.717, 1.165) is 27.6 Å². The van der Waals surface area contributed by atoms with Crippen molar-refractivity contribution in [1.29, 1.82) is 0 Å². The Morgan fingerprint density at radius 2 is 1.74 bits per heavy atom. The minimum absolute atomic E-state index is 0.502. The Morgan fingerprint density at radius 3 is 2.48 bits per heavy atom. The number of hydrogen-bond acceptors (Lipinski definition) is 6. The van der Waals surface area contributed by atoms with Crippen molar-refractivity contribution in [2.24, 2.45) is 0 Å². The highest BCUT2D eigenvalue weighted by Crippen LogP contribution is 2.25. The fraction of sp³-hybridized carbons (Fsp3) is 0.150. The van der Waals surface area contributed by atoms with E-state index in [1.54, 1.807) is 11.3 Å². The number of nitrogens with zero attached hydrogens (tertiary/aromatic N) is 3. The van der Waals surface area contributed by atoms with Crippen molar-refractivity contribution in [3.63, 3.8) is 0 Å². The van der Waals surface area contributed by atoms with Gasteiger partial charge in [0, 0.05) is 21.5 Å². The number of ether oxygens (including phenoxy) is 1. The van der Waals surface area contributed by atoms with Crippen LogP contribution in [0.25, 0.3) is 22.6 Å². The molecule has 0 unspecified atom stereocenters. The van der Waals surface area contributed by atoms with Gasteiger partial charge >= 0.3 is 0 Å². The molecule has 0 N–H and O–H groups in total. The predicted octanol–water partition coefficient (Wildman–Crippen LogP) is 5.50. The molecule has 0 fully saturated rings. The van der Waals surface area contributed by atoms with Gasteiger partial charge in [-0.15, -0.1) is 11.3 Å². The molecular weight excluding hydrogens is 382 g/mol. The molecule has 0 amide bonds. The molecule has 27 heavy (non-hydrogen) atoms. The Kier molecular flexibility index (Phi) is 5.18. The normalized spacial score (nSPS) is 10.9. The number of benzene rings is 2.